The summed E-state index contributed by atoms with van der Waals surface area (Å²) >= 11 is 0. The Morgan fingerprint density at radius 2 is 1.86 bits per heavy atom. The van der Waals surface area contributed by atoms with E-state index in [-0.39, 0.29) is 11.5 Å². The number of aromatic nitrogens is 1. The summed E-state index contributed by atoms with van der Waals surface area (Å²) in [5, 5.41) is 6.02. The van der Waals surface area contributed by atoms with Crippen LogP contribution >= 0.6 is 0 Å². The molecule has 3 rings (SSSR count). The topological polar surface area (TPSA) is 57.3 Å². The van der Waals surface area contributed by atoms with E-state index in [0.29, 0.717) is 11.5 Å². The normalized spacial score (nSPS) is 10.5. The molecule has 0 spiro atoms. The second kappa shape index (κ2) is 9.19. The van der Waals surface area contributed by atoms with E-state index in [1.54, 1.807) is 24.4 Å². The van der Waals surface area contributed by atoms with E-state index in [0.717, 1.165) is 24.3 Å². The molecule has 0 saturated carbocycles. The van der Waals surface area contributed by atoms with Gasteiger partial charge in [-0.1, -0.05) is 6.07 Å². The Hall–Kier alpha value is -3.41. The van der Waals surface area contributed by atoms with Gasteiger partial charge in [-0.15, -0.1) is 0 Å². The molecule has 29 heavy (non-hydrogen) atoms. The van der Waals surface area contributed by atoms with Crippen molar-refractivity contribution < 1.29 is 9.18 Å². The van der Waals surface area contributed by atoms with Gasteiger partial charge in [0.1, 0.15) is 11.6 Å². The number of halogens is 1. The summed E-state index contributed by atoms with van der Waals surface area (Å²) in [6.07, 6.45) is 1.57. The van der Waals surface area contributed by atoms with E-state index in [2.05, 4.69) is 53.4 Å². The van der Waals surface area contributed by atoms with Crippen molar-refractivity contribution in [3.05, 3.63) is 77.7 Å². The fourth-order valence-electron chi connectivity index (χ4n) is 3.09. The van der Waals surface area contributed by atoms with Crippen LogP contribution in [0.5, 0.6) is 0 Å². The Morgan fingerprint density at radius 3 is 2.48 bits per heavy atom. The minimum Gasteiger partial charge on any atom is -0.372 e. The quantitative estimate of drug-likeness (QED) is 0.567. The lowest BCUT2D eigenvalue weighted by atomic mass is 10.1. The molecular formula is C23H25FN4O. The molecule has 0 unspecified atom stereocenters. The number of nitrogens with zero attached hydrogens (tertiary/aromatic N) is 2. The van der Waals surface area contributed by atoms with Crippen LogP contribution in [0.1, 0.15) is 29.8 Å². The highest BCUT2D eigenvalue weighted by Gasteiger charge is 2.08. The molecule has 5 nitrogen and oxygen atoms in total. The molecule has 0 aliphatic heterocycles. The standard InChI is InChI=1S/C23H25FN4O/c1-4-28(5-2)20-10-11-21(16(3)13-20)27-22-12-9-19(15-25-22)26-23(29)17-7-6-8-18(24)14-17/h6-15H,4-5H2,1-3H3,(H,25,27)(H,26,29). The number of nitrogens with one attached hydrogen (secondary N) is 2. The zero-order chi connectivity index (χ0) is 20.8. The molecule has 0 bridgehead atoms. The number of carbonyl (C=O) groups is 1. The predicted molar refractivity (Wildman–Crippen MR) is 117 cm³/mol. The number of benzene rings is 2. The first kappa shape index (κ1) is 20.3. The van der Waals surface area contributed by atoms with Crippen molar-refractivity contribution in [2.24, 2.45) is 0 Å². The van der Waals surface area contributed by atoms with E-state index in [4.69, 9.17) is 0 Å². The molecule has 0 radical (unpaired) electrons. The smallest absolute Gasteiger partial charge is 0.255 e. The van der Waals surface area contributed by atoms with Crippen LogP contribution in [0, 0.1) is 12.7 Å². The number of anilines is 4. The molecule has 0 aliphatic rings. The van der Waals surface area contributed by atoms with E-state index < -0.39 is 5.82 Å². The highest BCUT2D eigenvalue weighted by atomic mass is 19.1. The minimum absolute atomic E-state index is 0.260. The van der Waals surface area contributed by atoms with Crippen LogP contribution in [0.25, 0.3) is 0 Å². The van der Waals surface area contributed by atoms with Crippen molar-refractivity contribution in [2.75, 3.05) is 28.6 Å². The van der Waals surface area contributed by atoms with Gasteiger partial charge in [-0.2, -0.15) is 0 Å². The first-order chi connectivity index (χ1) is 14.0. The lowest BCUT2D eigenvalue weighted by molar-refractivity contribution is 0.102. The first-order valence-corrected chi connectivity index (χ1v) is 9.65. The second-order valence-electron chi connectivity index (χ2n) is 6.69. The van der Waals surface area contributed by atoms with Gasteiger partial charge in [0.25, 0.3) is 5.91 Å². The van der Waals surface area contributed by atoms with Crippen LogP contribution in [0.4, 0.5) is 27.3 Å². The van der Waals surface area contributed by atoms with Crippen molar-refractivity contribution in [2.45, 2.75) is 20.8 Å². The van der Waals surface area contributed by atoms with Gasteiger partial charge in [-0.05, 0) is 74.9 Å². The number of amides is 1. The van der Waals surface area contributed by atoms with Crippen molar-refractivity contribution >= 4 is 28.8 Å². The Kier molecular flexibility index (Phi) is 6.44. The maximum absolute atomic E-state index is 13.3. The minimum atomic E-state index is -0.447. The van der Waals surface area contributed by atoms with Crippen molar-refractivity contribution in [1.29, 1.82) is 0 Å². The highest BCUT2D eigenvalue weighted by Crippen LogP contribution is 2.25. The van der Waals surface area contributed by atoms with Gasteiger partial charge >= 0.3 is 0 Å². The fourth-order valence-corrected chi connectivity index (χ4v) is 3.09. The first-order valence-electron chi connectivity index (χ1n) is 9.65. The summed E-state index contributed by atoms with van der Waals surface area (Å²) in [5.41, 5.74) is 4.10. The molecule has 0 saturated heterocycles. The van der Waals surface area contributed by atoms with Gasteiger partial charge in [0.2, 0.25) is 0 Å². The van der Waals surface area contributed by atoms with Gasteiger partial charge in [0.15, 0.2) is 0 Å². The zero-order valence-electron chi connectivity index (χ0n) is 16.9. The fraction of sp³-hybridized carbons (Fsp3) is 0.217. The van der Waals surface area contributed by atoms with Crippen LogP contribution in [0.15, 0.2) is 60.8 Å². The van der Waals surface area contributed by atoms with E-state index >= 15 is 0 Å². The van der Waals surface area contributed by atoms with Gasteiger partial charge in [-0.25, -0.2) is 9.37 Å². The average molecular weight is 392 g/mol. The Morgan fingerprint density at radius 1 is 1.07 bits per heavy atom. The largest absolute Gasteiger partial charge is 0.372 e. The third kappa shape index (κ3) is 5.10. The average Bonchev–Trinajstić information content (AvgIpc) is 2.72. The van der Waals surface area contributed by atoms with Crippen LogP contribution in [0.3, 0.4) is 0 Å². The summed E-state index contributed by atoms with van der Waals surface area (Å²) in [7, 11) is 0. The zero-order valence-corrected chi connectivity index (χ0v) is 16.9. The van der Waals surface area contributed by atoms with Gasteiger partial charge < -0.3 is 15.5 Å². The van der Waals surface area contributed by atoms with E-state index in [1.807, 2.05) is 6.07 Å². The van der Waals surface area contributed by atoms with Crippen LogP contribution < -0.4 is 15.5 Å². The molecule has 6 heteroatoms. The molecule has 150 valence electrons. The third-order valence-corrected chi connectivity index (χ3v) is 4.71. The summed E-state index contributed by atoms with van der Waals surface area (Å²) in [4.78, 5) is 18.9. The van der Waals surface area contributed by atoms with Gasteiger partial charge in [-0.3, -0.25) is 4.79 Å². The Bertz CT molecular complexity index is 984. The SMILES string of the molecule is CCN(CC)c1ccc(Nc2ccc(NC(=O)c3cccc(F)c3)cn2)c(C)c1. The number of aryl methyl sites for hydroxylation is 1. The van der Waals surface area contributed by atoms with Gasteiger partial charge in [0.05, 0.1) is 11.9 Å². The number of hydrogen-bond donors (Lipinski definition) is 2. The molecule has 1 amide bonds. The van der Waals surface area contributed by atoms with Crippen LogP contribution in [0.2, 0.25) is 0 Å². The predicted octanol–water partition coefficient (Wildman–Crippen LogP) is 5.37. The Balaban J connectivity index is 1.67. The summed E-state index contributed by atoms with van der Waals surface area (Å²) in [5.74, 6) is -0.153. The summed E-state index contributed by atoms with van der Waals surface area (Å²) in [6.45, 7) is 8.27. The molecule has 0 atom stereocenters. The number of carbonyl (C=O) groups excluding carboxylic acids is 1. The maximum atomic E-state index is 13.3. The van der Waals surface area contributed by atoms with Crippen molar-refractivity contribution in [1.82, 2.24) is 4.98 Å². The Labute approximate surface area is 170 Å². The number of rotatable bonds is 7. The van der Waals surface area contributed by atoms with E-state index in [9.17, 15) is 9.18 Å². The van der Waals surface area contributed by atoms with Crippen molar-refractivity contribution in [3.8, 4) is 0 Å². The third-order valence-electron chi connectivity index (χ3n) is 4.71. The summed E-state index contributed by atoms with van der Waals surface area (Å²) < 4.78 is 13.3. The lowest BCUT2D eigenvalue weighted by Crippen LogP contribution is -2.21. The molecule has 1 aromatic heterocycles. The number of pyridine rings is 1. The van der Waals surface area contributed by atoms with E-state index in [1.165, 1.54) is 23.9 Å². The van der Waals surface area contributed by atoms with Crippen molar-refractivity contribution in [3.63, 3.8) is 0 Å². The van der Waals surface area contributed by atoms with Crippen LogP contribution in [-0.4, -0.2) is 24.0 Å². The molecule has 2 N–H and O–H groups in total. The highest BCUT2D eigenvalue weighted by molar-refractivity contribution is 6.04. The molecular weight excluding hydrogens is 367 g/mol. The maximum Gasteiger partial charge on any atom is 0.255 e. The molecule has 3 aromatic rings. The second-order valence-corrected chi connectivity index (χ2v) is 6.69. The monoisotopic (exact) mass is 392 g/mol. The molecule has 2 aromatic carbocycles. The molecule has 1 heterocycles. The molecule has 0 aliphatic carbocycles. The summed E-state index contributed by atoms with van der Waals surface area (Å²) in [6, 6.07) is 15.4. The lowest BCUT2D eigenvalue weighted by Gasteiger charge is -2.22. The van der Waals surface area contributed by atoms with Gasteiger partial charge in [0, 0.05) is 30.0 Å². The van der Waals surface area contributed by atoms with Crippen LogP contribution in [-0.2, 0) is 0 Å². The molecule has 0 fully saturated rings. The number of hydrogen-bond acceptors (Lipinski definition) is 4.